The van der Waals surface area contributed by atoms with Crippen molar-refractivity contribution in [1.29, 1.82) is 0 Å². The Balaban J connectivity index is 1.64. The highest BCUT2D eigenvalue weighted by atomic mass is 19.4. The molecule has 1 saturated heterocycles. The molecule has 3 rings (SSSR count). The zero-order valence-electron chi connectivity index (χ0n) is 11.5. The van der Waals surface area contributed by atoms with Crippen molar-refractivity contribution in [3.05, 3.63) is 29.8 Å². The molecule has 2 aliphatic rings. The monoisotopic (exact) mass is 301 g/mol. The maximum absolute atomic E-state index is 12.1. The average molecular weight is 301 g/mol. The SMILES string of the molecule is FC(F)(F)Oc1ccc(C2CNC3CCCC3CO2)cc1. The third kappa shape index (κ3) is 3.68. The lowest BCUT2D eigenvalue weighted by Gasteiger charge is -2.17. The summed E-state index contributed by atoms with van der Waals surface area (Å²) in [4.78, 5) is 0. The second-order valence-corrected chi connectivity index (χ2v) is 5.64. The van der Waals surface area contributed by atoms with E-state index >= 15 is 0 Å². The summed E-state index contributed by atoms with van der Waals surface area (Å²) in [6.45, 7) is 1.41. The van der Waals surface area contributed by atoms with Crippen molar-refractivity contribution in [3.8, 4) is 5.75 Å². The molecule has 1 N–H and O–H groups in total. The predicted molar refractivity (Wildman–Crippen MR) is 70.9 cm³/mol. The second-order valence-electron chi connectivity index (χ2n) is 5.64. The maximum Gasteiger partial charge on any atom is 0.573 e. The van der Waals surface area contributed by atoms with Crippen LogP contribution in [0.15, 0.2) is 24.3 Å². The summed E-state index contributed by atoms with van der Waals surface area (Å²) in [6.07, 6.45) is -1.17. The normalized spacial score (nSPS) is 29.8. The molecule has 3 unspecified atom stereocenters. The van der Waals surface area contributed by atoms with E-state index in [1.165, 1.54) is 31.4 Å². The molecule has 2 fully saturated rings. The highest BCUT2D eigenvalue weighted by Crippen LogP contribution is 2.32. The van der Waals surface area contributed by atoms with Crippen LogP contribution in [0.5, 0.6) is 5.75 Å². The van der Waals surface area contributed by atoms with Gasteiger partial charge in [-0.15, -0.1) is 13.2 Å². The van der Waals surface area contributed by atoms with Gasteiger partial charge in [0.05, 0.1) is 12.7 Å². The van der Waals surface area contributed by atoms with Gasteiger partial charge in [-0.05, 0) is 36.5 Å². The minimum atomic E-state index is -4.65. The molecule has 21 heavy (non-hydrogen) atoms. The number of ether oxygens (including phenoxy) is 2. The Morgan fingerprint density at radius 1 is 1.14 bits per heavy atom. The van der Waals surface area contributed by atoms with Crippen LogP contribution in [-0.2, 0) is 4.74 Å². The number of halogens is 3. The predicted octanol–water partition coefficient (Wildman–Crippen LogP) is 3.41. The largest absolute Gasteiger partial charge is 0.573 e. The standard InChI is InChI=1S/C15H18F3NO2/c16-15(17,18)21-12-6-4-10(5-7-12)14-8-19-13-3-1-2-11(13)9-20-14/h4-7,11,13-14,19H,1-3,8-9H2. The van der Waals surface area contributed by atoms with Crippen molar-refractivity contribution in [2.24, 2.45) is 5.92 Å². The van der Waals surface area contributed by atoms with Crippen LogP contribution in [0.1, 0.15) is 30.9 Å². The van der Waals surface area contributed by atoms with Gasteiger partial charge in [-0.3, -0.25) is 0 Å². The Labute approximate surface area is 121 Å². The van der Waals surface area contributed by atoms with Crippen LogP contribution >= 0.6 is 0 Å². The van der Waals surface area contributed by atoms with Crippen molar-refractivity contribution < 1.29 is 22.6 Å². The molecule has 0 radical (unpaired) electrons. The second kappa shape index (κ2) is 5.85. The molecule has 3 nitrogen and oxygen atoms in total. The summed E-state index contributed by atoms with van der Waals surface area (Å²) in [5.74, 6) is 0.354. The summed E-state index contributed by atoms with van der Waals surface area (Å²) in [5, 5.41) is 3.51. The van der Waals surface area contributed by atoms with E-state index in [-0.39, 0.29) is 11.9 Å². The minimum absolute atomic E-state index is 0.115. The molecular formula is C15H18F3NO2. The number of nitrogens with one attached hydrogen (secondary N) is 1. The Hall–Kier alpha value is -1.27. The van der Waals surface area contributed by atoms with Crippen LogP contribution < -0.4 is 10.1 Å². The third-order valence-electron chi connectivity index (χ3n) is 4.22. The first-order valence-electron chi connectivity index (χ1n) is 7.22. The zero-order valence-corrected chi connectivity index (χ0v) is 11.5. The Morgan fingerprint density at radius 3 is 2.62 bits per heavy atom. The van der Waals surface area contributed by atoms with Crippen LogP contribution in [0, 0.1) is 5.92 Å². The molecule has 3 atom stereocenters. The molecule has 0 amide bonds. The van der Waals surface area contributed by atoms with Crippen LogP contribution in [0.3, 0.4) is 0 Å². The van der Waals surface area contributed by atoms with E-state index in [2.05, 4.69) is 10.1 Å². The number of hydrogen-bond acceptors (Lipinski definition) is 3. The molecule has 1 saturated carbocycles. The Bertz CT molecular complexity index is 461. The van der Waals surface area contributed by atoms with Gasteiger partial charge in [0.15, 0.2) is 0 Å². The maximum atomic E-state index is 12.1. The summed E-state index contributed by atoms with van der Waals surface area (Å²) < 4.78 is 46.2. The van der Waals surface area contributed by atoms with Crippen LogP contribution in [0.4, 0.5) is 13.2 Å². The summed E-state index contributed by atoms with van der Waals surface area (Å²) in [7, 11) is 0. The van der Waals surface area contributed by atoms with Gasteiger partial charge in [0.1, 0.15) is 5.75 Å². The molecular weight excluding hydrogens is 283 g/mol. The van der Waals surface area contributed by atoms with Crippen molar-refractivity contribution in [1.82, 2.24) is 5.32 Å². The first-order chi connectivity index (χ1) is 10.0. The van der Waals surface area contributed by atoms with Crippen molar-refractivity contribution in [3.63, 3.8) is 0 Å². The first-order valence-corrected chi connectivity index (χ1v) is 7.22. The van der Waals surface area contributed by atoms with Gasteiger partial charge in [0.2, 0.25) is 0 Å². The van der Waals surface area contributed by atoms with E-state index in [1.54, 1.807) is 12.1 Å². The van der Waals surface area contributed by atoms with E-state index in [1.807, 2.05) is 0 Å². The van der Waals surface area contributed by atoms with E-state index in [0.717, 1.165) is 5.56 Å². The first kappa shape index (κ1) is 14.7. The van der Waals surface area contributed by atoms with E-state index in [9.17, 15) is 13.2 Å². The van der Waals surface area contributed by atoms with Gasteiger partial charge in [-0.1, -0.05) is 18.6 Å². The number of alkyl halides is 3. The zero-order chi connectivity index (χ0) is 14.9. The van der Waals surface area contributed by atoms with Gasteiger partial charge >= 0.3 is 6.36 Å². The van der Waals surface area contributed by atoms with Crippen LogP contribution in [0.2, 0.25) is 0 Å². The van der Waals surface area contributed by atoms with Gasteiger partial charge in [0, 0.05) is 12.6 Å². The van der Waals surface area contributed by atoms with Gasteiger partial charge in [-0.25, -0.2) is 0 Å². The number of hydrogen-bond donors (Lipinski definition) is 1. The summed E-state index contributed by atoms with van der Waals surface area (Å²) in [5.41, 5.74) is 0.872. The lowest BCUT2D eigenvalue weighted by atomic mass is 10.1. The third-order valence-corrected chi connectivity index (χ3v) is 4.22. The molecule has 1 heterocycles. The van der Waals surface area contributed by atoms with E-state index in [4.69, 9.17) is 4.74 Å². The van der Waals surface area contributed by atoms with E-state index in [0.29, 0.717) is 25.1 Å². The van der Waals surface area contributed by atoms with Crippen molar-refractivity contribution in [2.45, 2.75) is 37.8 Å². The Kier molecular flexibility index (Phi) is 4.08. The highest BCUT2D eigenvalue weighted by Gasteiger charge is 2.32. The molecule has 6 heteroatoms. The average Bonchev–Trinajstić information content (AvgIpc) is 2.77. The van der Waals surface area contributed by atoms with Crippen LogP contribution in [0.25, 0.3) is 0 Å². The molecule has 1 aliphatic carbocycles. The van der Waals surface area contributed by atoms with Crippen molar-refractivity contribution in [2.75, 3.05) is 13.2 Å². The molecule has 0 bridgehead atoms. The molecule has 116 valence electrons. The fourth-order valence-corrected chi connectivity index (χ4v) is 3.16. The molecule has 1 aromatic carbocycles. The lowest BCUT2D eigenvalue weighted by molar-refractivity contribution is -0.274. The minimum Gasteiger partial charge on any atom is -0.406 e. The summed E-state index contributed by atoms with van der Waals surface area (Å²) >= 11 is 0. The fraction of sp³-hybridized carbons (Fsp3) is 0.600. The number of rotatable bonds is 2. The van der Waals surface area contributed by atoms with E-state index < -0.39 is 6.36 Å². The molecule has 1 aliphatic heterocycles. The van der Waals surface area contributed by atoms with Gasteiger partial charge in [-0.2, -0.15) is 0 Å². The smallest absolute Gasteiger partial charge is 0.406 e. The van der Waals surface area contributed by atoms with Gasteiger partial charge in [0.25, 0.3) is 0 Å². The van der Waals surface area contributed by atoms with Gasteiger partial charge < -0.3 is 14.8 Å². The number of benzene rings is 1. The molecule has 0 spiro atoms. The molecule has 0 aromatic heterocycles. The lowest BCUT2D eigenvalue weighted by Crippen LogP contribution is -2.32. The topological polar surface area (TPSA) is 30.5 Å². The highest BCUT2D eigenvalue weighted by molar-refractivity contribution is 5.29. The fourth-order valence-electron chi connectivity index (χ4n) is 3.16. The number of fused-ring (bicyclic) bond motifs is 1. The quantitative estimate of drug-likeness (QED) is 0.908. The van der Waals surface area contributed by atoms with Crippen molar-refractivity contribution >= 4 is 0 Å². The summed E-state index contributed by atoms with van der Waals surface area (Å²) in [6, 6.07) is 6.45. The molecule has 1 aromatic rings. The van der Waals surface area contributed by atoms with Crippen LogP contribution in [-0.4, -0.2) is 25.6 Å². The Morgan fingerprint density at radius 2 is 1.90 bits per heavy atom.